The molecule has 3 atom stereocenters. The molecule has 1 aliphatic rings. The molecule has 0 spiro atoms. The van der Waals surface area contributed by atoms with Crippen molar-refractivity contribution in [3.63, 3.8) is 0 Å². The second-order valence-corrected chi connectivity index (χ2v) is 9.62. The number of benzene rings is 2. The minimum absolute atomic E-state index is 0.0107. The van der Waals surface area contributed by atoms with E-state index in [9.17, 15) is 9.90 Å². The standard InChI is InChI=1S/C30H35FN2O3/c1-3-24(17-21-7-5-4-6-8-21)33-16-14-22(23(20-33)18-30(34)35)9-11-28(31)26-13-15-32-29-12-10-25(36-2)19-27(26)29/h3-8,10,12-13,15,19,22-23,28H,9,11,14,16-18,20H2,1-2H3,(H,34,35)/t22-,23+,28+/m1/s1. The summed E-state index contributed by atoms with van der Waals surface area (Å²) in [6, 6.07) is 17.6. The molecule has 1 aromatic heterocycles. The van der Waals surface area contributed by atoms with Crippen LogP contribution < -0.4 is 4.74 Å². The number of halogens is 1. The second-order valence-electron chi connectivity index (χ2n) is 9.62. The summed E-state index contributed by atoms with van der Waals surface area (Å²) in [6.45, 7) is 3.59. The van der Waals surface area contributed by atoms with Gasteiger partial charge in [-0.3, -0.25) is 9.78 Å². The molecule has 2 heterocycles. The summed E-state index contributed by atoms with van der Waals surface area (Å²) in [4.78, 5) is 18.4. The summed E-state index contributed by atoms with van der Waals surface area (Å²) in [7, 11) is 1.60. The highest BCUT2D eigenvalue weighted by Crippen LogP contribution is 2.37. The Morgan fingerprint density at radius 2 is 2.03 bits per heavy atom. The quantitative estimate of drug-likeness (QED) is 0.347. The number of methoxy groups -OCH3 is 1. The van der Waals surface area contributed by atoms with Gasteiger partial charge < -0.3 is 14.7 Å². The highest BCUT2D eigenvalue weighted by atomic mass is 19.1. The molecule has 0 bridgehead atoms. The molecule has 0 aliphatic carbocycles. The molecule has 0 amide bonds. The number of aromatic nitrogens is 1. The lowest BCUT2D eigenvalue weighted by atomic mass is 9.79. The number of pyridine rings is 1. The minimum Gasteiger partial charge on any atom is -0.497 e. The molecular formula is C30H35FN2O3. The molecule has 5 nitrogen and oxygen atoms in total. The molecule has 1 fully saturated rings. The number of carbonyl (C=O) groups is 1. The van der Waals surface area contributed by atoms with Gasteiger partial charge in [0.05, 0.1) is 19.0 Å². The van der Waals surface area contributed by atoms with Crippen LogP contribution in [0, 0.1) is 11.8 Å². The maximum Gasteiger partial charge on any atom is 0.303 e. The zero-order chi connectivity index (χ0) is 25.5. The monoisotopic (exact) mass is 490 g/mol. The van der Waals surface area contributed by atoms with Crippen LogP contribution in [0.15, 0.2) is 72.6 Å². The number of piperidine rings is 1. The van der Waals surface area contributed by atoms with Crippen LogP contribution in [0.3, 0.4) is 0 Å². The van der Waals surface area contributed by atoms with E-state index >= 15 is 4.39 Å². The van der Waals surface area contributed by atoms with Crippen molar-refractivity contribution in [2.75, 3.05) is 20.2 Å². The summed E-state index contributed by atoms with van der Waals surface area (Å²) in [5, 5.41) is 10.4. The Hall–Kier alpha value is -3.41. The van der Waals surface area contributed by atoms with E-state index in [4.69, 9.17) is 4.74 Å². The number of ether oxygens (including phenoxy) is 1. The SMILES string of the molecule is CC=C(Cc1ccccc1)N1CC[C@@H](CC[C@H](F)c2ccnc3ccc(OC)cc23)[C@@H](CC(=O)O)C1. The van der Waals surface area contributed by atoms with Crippen molar-refractivity contribution < 1.29 is 19.0 Å². The summed E-state index contributed by atoms with van der Waals surface area (Å²) < 4.78 is 20.9. The average molecular weight is 491 g/mol. The molecule has 4 rings (SSSR count). The van der Waals surface area contributed by atoms with Crippen molar-refractivity contribution in [2.24, 2.45) is 11.8 Å². The van der Waals surface area contributed by atoms with Crippen LogP contribution in [0.4, 0.5) is 4.39 Å². The number of fused-ring (bicyclic) bond motifs is 1. The first kappa shape index (κ1) is 25.7. The van der Waals surface area contributed by atoms with Crippen LogP contribution in [0.25, 0.3) is 10.9 Å². The highest BCUT2D eigenvalue weighted by Gasteiger charge is 2.32. The second kappa shape index (κ2) is 12.0. The van der Waals surface area contributed by atoms with Gasteiger partial charge in [0.15, 0.2) is 0 Å². The van der Waals surface area contributed by atoms with Crippen LogP contribution >= 0.6 is 0 Å². The minimum atomic E-state index is -1.14. The molecule has 6 heteroatoms. The number of aliphatic carboxylic acids is 1. The Balaban J connectivity index is 1.44. The van der Waals surface area contributed by atoms with Gasteiger partial charge in [0.1, 0.15) is 11.9 Å². The van der Waals surface area contributed by atoms with Crippen LogP contribution in [-0.4, -0.2) is 41.2 Å². The van der Waals surface area contributed by atoms with Crippen LogP contribution in [0.2, 0.25) is 0 Å². The van der Waals surface area contributed by atoms with E-state index in [1.807, 2.05) is 43.3 Å². The number of alkyl halides is 1. The number of hydrogen-bond acceptors (Lipinski definition) is 4. The lowest BCUT2D eigenvalue weighted by molar-refractivity contribution is -0.139. The van der Waals surface area contributed by atoms with Crippen LogP contribution in [0.1, 0.15) is 49.9 Å². The van der Waals surface area contributed by atoms with Crippen molar-refractivity contribution in [2.45, 2.75) is 45.2 Å². The lowest BCUT2D eigenvalue weighted by Gasteiger charge is -2.41. The Bertz CT molecular complexity index is 1200. The van der Waals surface area contributed by atoms with Gasteiger partial charge in [0.25, 0.3) is 0 Å². The fraction of sp³-hybridized carbons (Fsp3) is 0.400. The Morgan fingerprint density at radius 1 is 1.22 bits per heavy atom. The van der Waals surface area contributed by atoms with Gasteiger partial charge in [-0.2, -0.15) is 0 Å². The third-order valence-corrected chi connectivity index (χ3v) is 7.41. The fourth-order valence-electron chi connectivity index (χ4n) is 5.44. The number of allylic oxidation sites excluding steroid dienone is 2. The van der Waals surface area contributed by atoms with Crippen LogP contribution in [0.5, 0.6) is 5.75 Å². The van der Waals surface area contributed by atoms with Crippen molar-refractivity contribution in [3.8, 4) is 5.75 Å². The predicted molar refractivity (Wildman–Crippen MR) is 141 cm³/mol. The highest BCUT2D eigenvalue weighted by molar-refractivity contribution is 5.83. The first-order chi connectivity index (χ1) is 17.5. The summed E-state index contributed by atoms with van der Waals surface area (Å²) in [5.41, 5.74) is 3.81. The summed E-state index contributed by atoms with van der Waals surface area (Å²) in [6.07, 6.45) is 5.45. The van der Waals surface area contributed by atoms with Gasteiger partial charge in [-0.15, -0.1) is 0 Å². The van der Waals surface area contributed by atoms with Gasteiger partial charge in [-0.05, 0) is 73.4 Å². The van der Waals surface area contributed by atoms with E-state index in [1.54, 1.807) is 19.4 Å². The molecule has 0 radical (unpaired) electrons. The number of carboxylic acid groups (broad SMARTS) is 1. The smallest absolute Gasteiger partial charge is 0.303 e. The zero-order valence-corrected chi connectivity index (χ0v) is 21.1. The third-order valence-electron chi connectivity index (χ3n) is 7.41. The van der Waals surface area contributed by atoms with Crippen molar-refractivity contribution in [3.05, 3.63) is 83.7 Å². The van der Waals surface area contributed by atoms with E-state index in [1.165, 1.54) is 11.3 Å². The number of nitrogens with zero attached hydrogens (tertiary/aromatic N) is 2. The van der Waals surface area contributed by atoms with Gasteiger partial charge in [-0.25, -0.2) is 4.39 Å². The van der Waals surface area contributed by atoms with E-state index in [-0.39, 0.29) is 18.3 Å². The number of carboxylic acids is 1. The summed E-state index contributed by atoms with van der Waals surface area (Å²) >= 11 is 0. The molecule has 1 aliphatic heterocycles. The van der Waals surface area contributed by atoms with Crippen molar-refractivity contribution in [1.29, 1.82) is 0 Å². The molecular weight excluding hydrogens is 455 g/mol. The summed E-state index contributed by atoms with van der Waals surface area (Å²) in [5.74, 6) is 0.0469. The van der Waals surface area contributed by atoms with Gasteiger partial charge in [0, 0.05) is 36.8 Å². The van der Waals surface area contributed by atoms with Gasteiger partial charge >= 0.3 is 5.97 Å². The Labute approximate surface area is 212 Å². The molecule has 0 saturated carbocycles. The predicted octanol–water partition coefficient (Wildman–Crippen LogP) is 6.59. The fourth-order valence-corrected chi connectivity index (χ4v) is 5.44. The largest absolute Gasteiger partial charge is 0.497 e. The number of likely N-dealkylation sites (tertiary alicyclic amines) is 1. The first-order valence-corrected chi connectivity index (χ1v) is 12.7. The molecule has 3 aromatic rings. The van der Waals surface area contributed by atoms with E-state index < -0.39 is 12.1 Å². The molecule has 190 valence electrons. The Kier molecular flexibility index (Phi) is 8.57. The number of hydrogen-bond donors (Lipinski definition) is 1. The first-order valence-electron chi connectivity index (χ1n) is 12.7. The molecule has 36 heavy (non-hydrogen) atoms. The topological polar surface area (TPSA) is 62.7 Å². The normalized spacial score (nSPS) is 19.3. The zero-order valence-electron chi connectivity index (χ0n) is 21.1. The van der Waals surface area contributed by atoms with Crippen molar-refractivity contribution >= 4 is 16.9 Å². The molecule has 1 N–H and O–H groups in total. The van der Waals surface area contributed by atoms with Crippen molar-refractivity contribution in [1.82, 2.24) is 9.88 Å². The number of rotatable bonds is 10. The maximum atomic E-state index is 15.5. The Morgan fingerprint density at radius 3 is 2.75 bits per heavy atom. The van der Waals surface area contributed by atoms with E-state index in [2.05, 4.69) is 28.1 Å². The van der Waals surface area contributed by atoms with E-state index in [0.717, 1.165) is 30.3 Å². The molecule has 0 unspecified atom stereocenters. The lowest BCUT2D eigenvalue weighted by Crippen LogP contribution is -2.41. The van der Waals surface area contributed by atoms with Crippen LogP contribution in [-0.2, 0) is 11.2 Å². The average Bonchev–Trinajstić information content (AvgIpc) is 2.90. The molecule has 2 aromatic carbocycles. The third kappa shape index (κ3) is 6.23. The maximum absolute atomic E-state index is 15.5. The van der Waals surface area contributed by atoms with E-state index in [0.29, 0.717) is 30.7 Å². The van der Waals surface area contributed by atoms with Gasteiger partial charge in [0.2, 0.25) is 0 Å². The van der Waals surface area contributed by atoms with Gasteiger partial charge in [-0.1, -0.05) is 36.4 Å². The molecule has 1 saturated heterocycles.